The minimum absolute atomic E-state index is 0. The molecule has 1 spiro atoms. The molecule has 0 aromatic heterocycles. The van der Waals surface area contributed by atoms with E-state index in [1.165, 1.54) is 47.9 Å². The second kappa shape index (κ2) is 5.23. The molecule has 104 valence electrons. The number of hydrogen-bond acceptors (Lipinski definition) is 1. The fraction of sp³-hybridized carbons (Fsp3) is 0.333. The van der Waals surface area contributed by atoms with Gasteiger partial charge in [0.05, 0.1) is 5.54 Å². The average molecular weight is 286 g/mol. The van der Waals surface area contributed by atoms with Crippen molar-refractivity contribution >= 4 is 12.4 Å². The van der Waals surface area contributed by atoms with Gasteiger partial charge in [-0.05, 0) is 41.5 Å². The molecule has 1 heterocycles. The molecule has 20 heavy (non-hydrogen) atoms. The Morgan fingerprint density at radius 1 is 0.800 bits per heavy atom. The molecule has 0 radical (unpaired) electrons. The normalized spacial score (nSPS) is 23.6. The van der Waals surface area contributed by atoms with E-state index in [2.05, 4.69) is 53.8 Å². The van der Waals surface area contributed by atoms with E-state index in [-0.39, 0.29) is 17.9 Å². The average Bonchev–Trinajstić information content (AvgIpc) is 2.73. The number of fused-ring (bicyclic) bond motifs is 4. The monoisotopic (exact) mass is 285 g/mol. The molecule has 0 fully saturated rings. The Kier molecular flexibility index (Phi) is 3.57. The molecule has 1 aliphatic heterocycles. The van der Waals surface area contributed by atoms with Crippen molar-refractivity contribution < 1.29 is 0 Å². The fourth-order valence-electron chi connectivity index (χ4n) is 3.89. The van der Waals surface area contributed by atoms with Crippen LogP contribution in [-0.4, -0.2) is 0 Å². The first-order valence-corrected chi connectivity index (χ1v) is 7.32. The molecule has 1 atom stereocenters. The lowest BCUT2D eigenvalue weighted by Gasteiger charge is -2.32. The summed E-state index contributed by atoms with van der Waals surface area (Å²) < 4.78 is 0. The fourth-order valence-corrected chi connectivity index (χ4v) is 3.89. The molecule has 2 aromatic carbocycles. The van der Waals surface area contributed by atoms with Crippen molar-refractivity contribution in [3.05, 3.63) is 70.8 Å². The van der Waals surface area contributed by atoms with Crippen LogP contribution in [0.5, 0.6) is 0 Å². The molecule has 1 unspecified atom stereocenters. The lowest BCUT2D eigenvalue weighted by atomic mass is 9.79. The summed E-state index contributed by atoms with van der Waals surface area (Å²) in [7, 11) is 0. The molecule has 2 aliphatic rings. The van der Waals surface area contributed by atoms with E-state index < -0.39 is 0 Å². The molecule has 0 saturated carbocycles. The third kappa shape index (κ3) is 1.88. The van der Waals surface area contributed by atoms with Crippen molar-refractivity contribution in [2.45, 2.75) is 37.8 Å². The van der Waals surface area contributed by atoms with E-state index in [0.717, 1.165) is 6.54 Å². The van der Waals surface area contributed by atoms with Crippen molar-refractivity contribution in [2.24, 2.45) is 0 Å². The molecule has 2 aromatic rings. The Labute approximate surface area is 126 Å². The van der Waals surface area contributed by atoms with Crippen molar-refractivity contribution in [1.29, 1.82) is 0 Å². The van der Waals surface area contributed by atoms with Crippen molar-refractivity contribution in [2.75, 3.05) is 0 Å². The van der Waals surface area contributed by atoms with Crippen LogP contribution in [0.15, 0.2) is 48.5 Å². The number of aryl methyl sites for hydroxylation is 1. The summed E-state index contributed by atoms with van der Waals surface area (Å²) in [4.78, 5) is 0. The van der Waals surface area contributed by atoms with Gasteiger partial charge in [0.15, 0.2) is 0 Å². The number of benzene rings is 2. The second-order valence-electron chi connectivity index (χ2n) is 5.78. The number of halogens is 1. The lowest BCUT2D eigenvalue weighted by Crippen LogP contribution is -2.38. The molecule has 2 heteroatoms. The van der Waals surface area contributed by atoms with Gasteiger partial charge in [-0.25, -0.2) is 0 Å². The third-order valence-electron chi connectivity index (χ3n) is 4.78. The zero-order valence-electron chi connectivity index (χ0n) is 11.6. The van der Waals surface area contributed by atoms with Gasteiger partial charge in [0.2, 0.25) is 0 Å². The molecular weight excluding hydrogens is 266 g/mol. The molecule has 0 bridgehead atoms. The van der Waals surface area contributed by atoms with Crippen LogP contribution in [0, 0.1) is 0 Å². The van der Waals surface area contributed by atoms with E-state index in [9.17, 15) is 0 Å². The smallest absolute Gasteiger partial charge is 0.0699 e. The number of nitrogens with one attached hydrogen (secondary N) is 1. The van der Waals surface area contributed by atoms with Crippen LogP contribution in [0.3, 0.4) is 0 Å². The lowest BCUT2D eigenvalue weighted by molar-refractivity contribution is 0.398. The van der Waals surface area contributed by atoms with E-state index in [4.69, 9.17) is 0 Å². The summed E-state index contributed by atoms with van der Waals surface area (Å²) in [5.74, 6) is 0. The largest absolute Gasteiger partial charge is 0.300 e. The van der Waals surface area contributed by atoms with Gasteiger partial charge in [-0.2, -0.15) is 0 Å². The predicted molar refractivity (Wildman–Crippen MR) is 85.3 cm³/mol. The summed E-state index contributed by atoms with van der Waals surface area (Å²) >= 11 is 0. The van der Waals surface area contributed by atoms with Crippen LogP contribution in [0.4, 0.5) is 0 Å². The van der Waals surface area contributed by atoms with Crippen LogP contribution in [0.1, 0.15) is 41.5 Å². The first-order valence-electron chi connectivity index (χ1n) is 7.32. The maximum Gasteiger partial charge on any atom is 0.0699 e. The molecular formula is C18H20ClN. The molecule has 1 nitrogen and oxygen atoms in total. The highest BCUT2D eigenvalue weighted by molar-refractivity contribution is 5.85. The Bertz CT molecular complexity index is 622. The van der Waals surface area contributed by atoms with Crippen molar-refractivity contribution in [3.63, 3.8) is 0 Å². The molecule has 0 amide bonds. The van der Waals surface area contributed by atoms with Crippen molar-refractivity contribution in [1.82, 2.24) is 5.32 Å². The molecule has 1 N–H and O–H groups in total. The van der Waals surface area contributed by atoms with Gasteiger partial charge in [-0.1, -0.05) is 55.0 Å². The summed E-state index contributed by atoms with van der Waals surface area (Å²) in [5, 5.41) is 3.83. The summed E-state index contributed by atoms with van der Waals surface area (Å²) in [6.07, 6.45) is 5.06. The standard InChI is InChI=1S/C18H19N.ClH/c1-3-10-16-14(7-1)8-5-6-12-18(16)17-11-4-2-9-15(17)13-19-18;/h1-4,7,9-11,19H,5-6,8,12-13H2;1H. The van der Waals surface area contributed by atoms with Crippen LogP contribution in [0.25, 0.3) is 0 Å². The van der Waals surface area contributed by atoms with Gasteiger partial charge >= 0.3 is 0 Å². The Morgan fingerprint density at radius 2 is 1.45 bits per heavy atom. The summed E-state index contributed by atoms with van der Waals surface area (Å²) in [6.45, 7) is 1.00. The maximum absolute atomic E-state index is 3.83. The number of rotatable bonds is 0. The van der Waals surface area contributed by atoms with Gasteiger partial charge in [0.1, 0.15) is 0 Å². The van der Waals surface area contributed by atoms with E-state index in [1.54, 1.807) is 0 Å². The molecule has 0 saturated heterocycles. The number of hydrogen-bond donors (Lipinski definition) is 1. The van der Waals surface area contributed by atoms with Gasteiger partial charge in [-0.15, -0.1) is 12.4 Å². The highest BCUT2D eigenvalue weighted by Gasteiger charge is 2.41. The third-order valence-corrected chi connectivity index (χ3v) is 4.78. The molecule has 4 rings (SSSR count). The Hall–Kier alpha value is -1.31. The zero-order valence-corrected chi connectivity index (χ0v) is 12.4. The van der Waals surface area contributed by atoms with Crippen LogP contribution in [0.2, 0.25) is 0 Å². The molecule has 1 aliphatic carbocycles. The van der Waals surface area contributed by atoms with Gasteiger partial charge in [0, 0.05) is 6.54 Å². The highest BCUT2D eigenvalue weighted by Crippen LogP contribution is 2.44. The summed E-state index contributed by atoms with van der Waals surface area (Å²) in [5.41, 5.74) is 6.09. The Morgan fingerprint density at radius 3 is 2.25 bits per heavy atom. The topological polar surface area (TPSA) is 12.0 Å². The Balaban J connectivity index is 0.00000121. The second-order valence-corrected chi connectivity index (χ2v) is 5.78. The predicted octanol–water partition coefficient (Wildman–Crippen LogP) is 4.18. The van der Waals surface area contributed by atoms with Gasteiger partial charge in [-0.3, -0.25) is 5.32 Å². The maximum atomic E-state index is 3.83. The zero-order chi connectivity index (χ0) is 12.7. The van der Waals surface area contributed by atoms with Gasteiger partial charge < -0.3 is 0 Å². The van der Waals surface area contributed by atoms with E-state index in [0.29, 0.717) is 0 Å². The minimum Gasteiger partial charge on any atom is -0.300 e. The SMILES string of the molecule is Cl.c1ccc2c(c1)CCCCC21NCc2ccccc21. The quantitative estimate of drug-likeness (QED) is 0.766. The van der Waals surface area contributed by atoms with Crippen LogP contribution in [-0.2, 0) is 18.5 Å². The first kappa shape index (κ1) is 13.7. The van der Waals surface area contributed by atoms with Crippen molar-refractivity contribution in [3.8, 4) is 0 Å². The summed E-state index contributed by atoms with van der Waals surface area (Å²) in [6, 6.07) is 17.9. The first-order chi connectivity index (χ1) is 9.40. The highest BCUT2D eigenvalue weighted by atomic mass is 35.5. The van der Waals surface area contributed by atoms with Crippen LogP contribution < -0.4 is 5.32 Å². The van der Waals surface area contributed by atoms with E-state index >= 15 is 0 Å². The minimum atomic E-state index is 0. The van der Waals surface area contributed by atoms with Crippen LogP contribution >= 0.6 is 12.4 Å². The van der Waals surface area contributed by atoms with E-state index in [1.807, 2.05) is 0 Å². The van der Waals surface area contributed by atoms with Gasteiger partial charge in [0.25, 0.3) is 0 Å².